The normalized spacial score (nSPS) is 10.8. The number of hydrogen-bond acceptors (Lipinski definition) is 3. The SMILES string of the molecule is CCNc1nnc(-c2ccc(CC)cc2)c2ccccc12. The van der Waals surface area contributed by atoms with Crippen LogP contribution in [0.4, 0.5) is 5.82 Å². The van der Waals surface area contributed by atoms with Crippen molar-refractivity contribution in [3.8, 4) is 11.3 Å². The predicted molar refractivity (Wildman–Crippen MR) is 88.5 cm³/mol. The van der Waals surface area contributed by atoms with Crippen molar-refractivity contribution >= 4 is 16.6 Å². The highest BCUT2D eigenvalue weighted by Crippen LogP contribution is 2.29. The molecule has 3 aromatic rings. The highest BCUT2D eigenvalue weighted by atomic mass is 15.2. The molecule has 1 heterocycles. The second-order valence-corrected chi connectivity index (χ2v) is 5.02. The van der Waals surface area contributed by atoms with Crippen LogP contribution in [0.3, 0.4) is 0 Å². The molecule has 0 radical (unpaired) electrons. The van der Waals surface area contributed by atoms with Crippen LogP contribution < -0.4 is 5.32 Å². The molecule has 3 rings (SSSR count). The molecule has 1 N–H and O–H groups in total. The van der Waals surface area contributed by atoms with E-state index >= 15 is 0 Å². The van der Waals surface area contributed by atoms with E-state index in [1.165, 1.54) is 5.56 Å². The van der Waals surface area contributed by atoms with E-state index in [0.29, 0.717) is 0 Å². The quantitative estimate of drug-likeness (QED) is 0.773. The first-order valence-corrected chi connectivity index (χ1v) is 7.42. The third kappa shape index (κ3) is 2.59. The Hall–Kier alpha value is -2.42. The molecule has 3 nitrogen and oxygen atoms in total. The molecule has 0 aliphatic heterocycles. The van der Waals surface area contributed by atoms with E-state index in [9.17, 15) is 0 Å². The van der Waals surface area contributed by atoms with Crippen LogP contribution in [0, 0.1) is 0 Å². The summed E-state index contributed by atoms with van der Waals surface area (Å²) in [6.45, 7) is 5.06. The summed E-state index contributed by atoms with van der Waals surface area (Å²) < 4.78 is 0. The molecule has 0 atom stereocenters. The second-order valence-electron chi connectivity index (χ2n) is 5.02. The van der Waals surface area contributed by atoms with E-state index < -0.39 is 0 Å². The van der Waals surface area contributed by atoms with Crippen molar-refractivity contribution in [1.82, 2.24) is 10.2 Å². The van der Waals surface area contributed by atoms with Gasteiger partial charge in [0.15, 0.2) is 5.82 Å². The van der Waals surface area contributed by atoms with E-state index in [0.717, 1.165) is 40.8 Å². The topological polar surface area (TPSA) is 37.8 Å². The van der Waals surface area contributed by atoms with Crippen LogP contribution in [0.1, 0.15) is 19.4 Å². The lowest BCUT2D eigenvalue weighted by Crippen LogP contribution is -2.02. The van der Waals surface area contributed by atoms with Crippen molar-refractivity contribution in [1.29, 1.82) is 0 Å². The van der Waals surface area contributed by atoms with Gasteiger partial charge in [-0.2, -0.15) is 0 Å². The summed E-state index contributed by atoms with van der Waals surface area (Å²) in [4.78, 5) is 0. The molecule has 0 saturated carbocycles. The first kappa shape index (κ1) is 13.6. The number of aromatic nitrogens is 2. The zero-order valence-electron chi connectivity index (χ0n) is 12.4. The lowest BCUT2D eigenvalue weighted by Gasteiger charge is -2.10. The Morgan fingerprint density at radius 3 is 2.24 bits per heavy atom. The van der Waals surface area contributed by atoms with E-state index in [-0.39, 0.29) is 0 Å². The Bertz CT molecular complexity index is 748. The van der Waals surface area contributed by atoms with Gasteiger partial charge in [-0.25, -0.2) is 0 Å². The molecule has 0 bridgehead atoms. The number of anilines is 1. The fourth-order valence-electron chi connectivity index (χ4n) is 2.51. The van der Waals surface area contributed by atoms with Crippen LogP contribution in [0.2, 0.25) is 0 Å². The molecular formula is C18H19N3. The van der Waals surface area contributed by atoms with E-state index in [1.54, 1.807) is 0 Å². The number of hydrogen-bond donors (Lipinski definition) is 1. The van der Waals surface area contributed by atoms with E-state index in [2.05, 4.69) is 65.8 Å². The van der Waals surface area contributed by atoms with Crippen molar-refractivity contribution in [2.75, 3.05) is 11.9 Å². The van der Waals surface area contributed by atoms with Crippen molar-refractivity contribution < 1.29 is 0 Å². The zero-order chi connectivity index (χ0) is 14.7. The Kier molecular flexibility index (Phi) is 3.82. The summed E-state index contributed by atoms with van der Waals surface area (Å²) in [6.07, 6.45) is 1.05. The third-order valence-electron chi connectivity index (χ3n) is 3.67. The first-order chi connectivity index (χ1) is 10.3. The van der Waals surface area contributed by atoms with Crippen LogP contribution in [-0.2, 0) is 6.42 Å². The Labute approximate surface area is 125 Å². The van der Waals surface area contributed by atoms with Gasteiger partial charge >= 0.3 is 0 Å². The number of aryl methyl sites for hydroxylation is 1. The maximum atomic E-state index is 4.44. The molecule has 0 spiro atoms. The standard InChI is InChI=1S/C18H19N3/c1-3-13-9-11-14(12-10-13)17-15-7-5-6-8-16(15)18(19-4-2)21-20-17/h5-12H,3-4H2,1-2H3,(H,19,21). The van der Waals surface area contributed by atoms with Gasteiger partial charge in [0.05, 0.1) is 0 Å². The molecule has 3 heteroatoms. The molecule has 0 amide bonds. The van der Waals surface area contributed by atoms with Crippen molar-refractivity contribution in [3.63, 3.8) is 0 Å². The average molecular weight is 277 g/mol. The van der Waals surface area contributed by atoms with Gasteiger partial charge in [-0.05, 0) is 18.9 Å². The highest BCUT2D eigenvalue weighted by Gasteiger charge is 2.10. The fourth-order valence-corrected chi connectivity index (χ4v) is 2.51. The summed E-state index contributed by atoms with van der Waals surface area (Å²) in [6, 6.07) is 16.8. The van der Waals surface area contributed by atoms with E-state index in [1.807, 2.05) is 12.1 Å². The number of nitrogens with zero attached hydrogens (tertiary/aromatic N) is 2. The molecule has 0 fully saturated rings. The molecule has 21 heavy (non-hydrogen) atoms. The smallest absolute Gasteiger partial charge is 0.156 e. The van der Waals surface area contributed by atoms with Gasteiger partial charge in [0.25, 0.3) is 0 Å². The number of fused-ring (bicyclic) bond motifs is 1. The van der Waals surface area contributed by atoms with Crippen LogP contribution >= 0.6 is 0 Å². The van der Waals surface area contributed by atoms with Crippen molar-refractivity contribution in [3.05, 3.63) is 54.1 Å². The van der Waals surface area contributed by atoms with Crippen molar-refractivity contribution in [2.24, 2.45) is 0 Å². The molecule has 0 aliphatic rings. The maximum Gasteiger partial charge on any atom is 0.156 e. The summed E-state index contributed by atoms with van der Waals surface area (Å²) in [5.41, 5.74) is 3.38. The molecular weight excluding hydrogens is 258 g/mol. The van der Waals surface area contributed by atoms with E-state index in [4.69, 9.17) is 0 Å². The Morgan fingerprint density at radius 1 is 0.857 bits per heavy atom. The lowest BCUT2D eigenvalue weighted by molar-refractivity contribution is 1.03. The van der Waals surface area contributed by atoms with Gasteiger partial charge in [-0.1, -0.05) is 55.5 Å². The lowest BCUT2D eigenvalue weighted by atomic mass is 10.0. The van der Waals surface area contributed by atoms with Crippen LogP contribution in [0.15, 0.2) is 48.5 Å². The Balaban J connectivity index is 2.16. The fraction of sp³-hybridized carbons (Fsp3) is 0.222. The van der Waals surface area contributed by atoms with Gasteiger partial charge in [0, 0.05) is 22.9 Å². The maximum absolute atomic E-state index is 4.44. The number of benzene rings is 2. The summed E-state index contributed by atoms with van der Waals surface area (Å²) in [7, 11) is 0. The first-order valence-electron chi connectivity index (χ1n) is 7.42. The van der Waals surface area contributed by atoms with Crippen LogP contribution in [-0.4, -0.2) is 16.7 Å². The minimum atomic E-state index is 0.837. The average Bonchev–Trinajstić information content (AvgIpc) is 2.56. The monoisotopic (exact) mass is 277 g/mol. The Morgan fingerprint density at radius 2 is 1.57 bits per heavy atom. The molecule has 0 aliphatic carbocycles. The minimum Gasteiger partial charge on any atom is -0.368 e. The van der Waals surface area contributed by atoms with Crippen LogP contribution in [0.25, 0.3) is 22.0 Å². The molecule has 0 saturated heterocycles. The van der Waals surface area contributed by atoms with Crippen LogP contribution in [0.5, 0.6) is 0 Å². The number of nitrogens with one attached hydrogen (secondary N) is 1. The largest absolute Gasteiger partial charge is 0.368 e. The molecule has 2 aromatic carbocycles. The third-order valence-corrected chi connectivity index (χ3v) is 3.67. The molecule has 106 valence electrons. The highest BCUT2D eigenvalue weighted by molar-refractivity contribution is 5.99. The van der Waals surface area contributed by atoms with Gasteiger partial charge in [-0.3, -0.25) is 0 Å². The molecule has 1 aromatic heterocycles. The van der Waals surface area contributed by atoms with Gasteiger partial charge in [0.1, 0.15) is 5.69 Å². The zero-order valence-corrected chi connectivity index (χ0v) is 12.4. The summed E-state index contributed by atoms with van der Waals surface area (Å²) in [5, 5.41) is 14.3. The summed E-state index contributed by atoms with van der Waals surface area (Å²) >= 11 is 0. The van der Waals surface area contributed by atoms with Gasteiger partial charge in [0.2, 0.25) is 0 Å². The van der Waals surface area contributed by atoms with Crippen molar-refractivity contribution in [2.45, 2.75) is 20.3 Å². The predicted octanol–water partition coefficient (Wildman–Crippen LogP) is 4.29. The summed E-state index contributed by atoms with van der Waals surface area (Å²) in [5.74, 6) is 0.849. The minimum absolute atomic E-state index is 0.837. The van der Waals surface area contributed by atoms with Gasteiger partial charge < -0.3 is 5.32 Å². The van der Waals surface area contributed by atoms with Gasteiger partial charge in [-0.15, -0.1) is 10.2 Å². The number of rotatable bonds is 4. The molecule has 0 unspecified atom stereocenters. The second kappa shape index (κ2) is 5.92.